The molecule has 1 aromatic carbocycles. The van der Waals surface area contributed by atoms with E-state index in [4.69, 9.17) is 15.2 Å². The summed E-state index contributed by atoms with van der Waals surface area (Å²) in [6, 6.07) is 3.75. The summed E-state index contributed by atoms with van der Waals surface area (Å²) in [7, 11) is 0. The fraction of sp³-hybridized carbons (Fsp3) is 0.444. The second-order valence-corrected chi connectivity index (χ2v) is 5.62. The number of hydrogen-bond acceptors (Lipinski definition) is 6. The number of rotatable bonds is 10. The summed E-state index contributed by atoms with van der Waals surface area (Å²) in [4.78, 5) is 48.0. The summed E-state index contributed by atoms with van der Waals surface area (Å²) < 4.78 is 22.6. The molecule has 8 nitrogen and oxygen atoms in total. The Bertz CT molecular complexity index is 677. The number of primary amides is 1. The van der Waals surface area contributed by atoms with Crippen LogP contribution in [0.4, 0.5) is 4.39 Å². The van der Waals surface area contributed by atoms with Gasteiger partial charge < -0.3 is 20.5 Å². The molecule has 9 heteroatoms. The van der Waals surface area contributed by atoms with Crippen LogP contribution >= 0.6 is 0 Å². The average Bonchev–Trinajstić information content (AvgIpc) is 2.60. The maximum atomic E-state index is 12.9. The van der Waals surface area contributed by atoms with E-state index in [9.17, 15) is 23.6 Å². The van der Waals surface area contributed by atoms with E-state index in [-0.39, 0.29) is 19.6 Å². The standard InChI is InChI=1S/C18H23FN2O6/c1-3-26-15(23)10-13(18(25)27-4-2)16(17(20)24)21-14(22)9-11-5-7-12(19)8-6-11/h5-8,13,16H,3-4,9-10H2,1-2H3,(H2,20,24)(H,21,22)/t13-,16-/m0/s1. The van der Waals surface area contributed by atoms with E-state index in [1.165, 1.54) is 24.3 Å². The Morgan fingerprint density at radius 3 is 2.19 bits per heavy atom. The van der Waals surface area contributed by atoms with Crippen molar-refractivity contribution in [3.8, 4) is 0 Å². The molecule has 0 bridgehead atoms. The van der Waals surface area contributed by atoms with E-state index in [2.05, 4.69) is 5.32 Å². The van der Waals surface area contributed by atoms with Crippen LogP contribution in [0.15, 0.2) is 24.3 Å². The fourth-order valence-corrected chi connectivity index (χ4v) is 2.37. The Morgan fingerprint density at radius 1 is 1.07 bits per heavy atom. The van der Waals surface area contributed by atoms with Gasteiger partial charge in [-0.15, -0.1) is 0 Å². The van der Waals surface area contributed by atoms with Gasteiger partial charge >= 0.3 is 11.9 Å². The van der Waals surface area contributed by atoms with E-state index in [0.29, 0.717) is 5.56 Å². The van der Waals surface area contributed by atoms with Gasteiger partial charge in [0.2, 0.25) is 11.8 Å². The summed E-state index contributed by atoms with van der Waals surface area (Å²) >= 11 is 0. The minimum Gasteiger partial charge on any atom is -0.466 e. The van der Waals surface area contributed by atoms with Crippen molar-refractivity contribution in [2.75, 3.05) is 13.2 Å². The number of benzene rings is 1. The lowest BCUT2D eigenvalue weighted by molar-refractivity contribution is -0.157. The molecule has 3 N–H and O–H groups in total. The summed E-state index contributed by atoms with van der Waals surface area (Å²) in [5.41, 5.74) is 5.82. The van der Waals surface area contributed by atoms with Crippen molar-refractivity contribution in [3.05, 3.63) is 35.6 Å². The number of carbonyl (C=O) groups excluding carboxylic acids is 4. The van der Waals surface area contributed by atoms with Gasteiger partial charge in [0, 0.05) is 0 Å². The predicted molar refractivity (Wildman–Crippen MR) is 92.6 cm³/mol. The van der Waals surface area contributed by atoms with Crippen molar-refractivity contribution in [2.24, 2.45) is 11.7 Å². The van der Waals surface area contributed by atoms with E-state index >= 15 is 0 Å². The highest BCUT2D eigenvalue weighted by molar-refractivity contribution is 5.93. The van der Waals surface area contributed by atoms with Crippen LogP contribution in [0, 0.1) is 11.7 Å². The van der Waals surface area contributed by atoms with E-state index in [1.54, 1.807) is 13.8 Å². The number of carbonyl (C=O) groups is 4. The maximum absolute atomic E-state index is 12.9. The van der Waals surface area contributed by atoms with Crippen molar-refractivity contribution in [3.63, 3.8) is 0 Å². The van der Waals surface area contributed by atoms with E-state index in [0.717, 1.165) is 0 Å². The zero-order valence-corrected chi connectivity index (χ0v) is 15.2. The van der Waals surface area contributed by atoms with Gasteiger partial charge in [0.25, 0.3) is 0 Å². The lowest BCUT2D eigenvalue weighted by Crippen LogP contribution is -2.52. The lowest BCUT2D eigenvalue weighted by Gasteiger charge is -2.23. The van der Waals surface area contributed by atoms with Crippen LogP contribution in [0.1, 0.15) is 25.8 Å². The van der Waals surface area contributed by atoms with Crippen molar-refractivity contribution in [2.45, 2.75) is 32.7 Å². The Labute approximate surface area is 156 Å². The first-order valence-corrected chi connectivity index (χ1v) is 8.43. The SMILES string of the molecule is CCOC(=O)C[C@H](C(=O)OCC)[C@H](NC(=O)Cc1ccc(F)cc1)C(N)=O. The largest absolute Gasteiger partial charge is 0.466 e. The van der Waals surface area contributed by atoms with Gasteiger partial charge in [0.15, 0.2) is 0 Å². The molecule has 27 heavy (non-hydrogen) atoms. The normalized spacial score (nSPS) is 12.6. The van der Waals surface area contributed by atoms with Crippen molar-refractivity contribution in [1.29, 1.82) is 0 Å². The first-order chi connectivity index (χ1) is 12.8. The molecule has 2 atom stereocenters. The molecule has 2 amide bonds. The van der Waals surface area contributed by atoms with Crippen LogP contribution in [0.3, 0.4) is 0 Å². The molecule has 1 aromatic rings. The summed E-state index contributed by atoms with van der Waals surface area (Å²) in [6.45, 7) is 3.26. The molecule has 0 aromatic heterocycles. The van der Waals surface area contributed by atoms with Gasteiger partial charge in [-0.25, -0.2) is 4.39 Å². The molecule has 0 radical (unpaired) electrons. The van der Waals surface area contributed by atoms with E-state index in [1.807, 2.05) is 0 Å². The third-order valence-corrected chi connectivity index (χ3v) is 3.58. The monoisotopic (exact) mass is 382 g/mol. The van der Waals surface area contributed by atoms with Crippen LogP contribution in [-0.4, -0.2) is 43.0 Å². The third-order valence-electron chi connectivity index (χ3n) is 3.58. The average molecular weight is 382 g/mol. The summed E-state index contributed by atoms with van der Waals surface area (Å²) in [5, 5.41) is 2.35. The van der Waals surface area contributed by atoms with Gasteiger partial charge in [-0.2, -0.15) is 0 Å². The Hall–Kier alpha value is -2.97. The Morgan fingerprint density at radius 2 is 1.67 bits per heavy atom. The minimum atomic E-state index is -1.46. The van der Waals surface area contributed by atoms with Gasteiger partial charge in [-0.3, -0.25) is 19.2 Å². The Balaban J connectivity index is 2.92. The molecule has 0 unspecified atom stereocenters. The number of ether oxygens (including phenoxy) is 2. The minimum absolute atomic E-state index is 0.0210. The Kier molecular flexibility index (Phi) is 8.91. The molecule has 0 saturated carbocycles. The first kappa shape index (κ1) is 22.1. The quantitative estimate of drug-likeness (QED) is 0.567. The molecular weight excluding hydrogens is 359 g/mol. The number of esters is 2. The van der Waals surface area contributed by atoms with Crippen LogP contribution in [0.25, 0.3) is 0 Å². The first-order valence-electron chi connectivity index (χ1n) is 8.43. The summed E-state index contributed by atoms with van der Waals surface area (Å²) in [6.07, 6.45) is -0.643. The number of nitrogens with two attached hydrogens (primary N) is 1. The van der Waals surface area contributed by atoms with Gasteiger partial charge in [-0.05, 0) is 31.5 Å². The van der Waals surface area contributed by atoms with Crippen LogP contribution in [0.2, 0.25) is 0 Å². The predicted octanol–water partition coefficient (Wildman–Crippen LogP) is 0.471. The highest BCUT2D eigenvalue weighted by Gasteiger charge is 2.37. The maximum Gasteiger partial charge on any atom is 0.312 e. The van der Waals surface area contributed by atoms with Gasteiger partial charge in [0.05, 0.1) is 32.0 Å². The highest BCUT2D eigenvalue weighted by Crippen LogP contribution is 2.14. The molecule has 0 saturated heterocycles. The van der Waals surface area contributed by atoms with Gasteiger partial charge in [-0.1, -0.05) is 12.1 Å². The van der Waals surface area contributed by atoms with E-state index < -0.39 is 48.0 Å². The molecule has 0 aliphatic carbocycles. The molecule has 0 aliphatic heterocycles. The fourth-order valence-electron chi connectivity index (χ4n) is 2.37. The number of amides is 2. The van der Waals surface area contributed by atoms with Gasteiger partial charge in [0.1, 0.15) is 11.9 Å². The molecule has 148 valence electrons. The van der Waals surface area contributed by atoms with Crippen LogP contribution < -0.4 is 11.1 Å². The zero-order valence-electron chi connectivity index (χ0n) is 15.2. The molecule has 0 aliphatic rings. The lowest BCUT2D eigenvalue weighted by atomic mass is 9.95. The second kappa shape index (κ2) is 10.9. The summed E-state index contributed by atoms with van der Waals surface area (Å²) in [5.74, 6) is -4.97. The zero-order chi connectivity index (χ0) is 20.4. The van der Waals surface area contributed by atoms with Crippen molar-refractivity contribution in [1.82, 2.24) is 5.32 Å². The molecule has 0 heterocycles. The molecule has 0 spiro atoms. The number of hydrogen-bond donors (Lipinski definition) is 2. The third kappa shape index (κ3) is 7.43. The number of nitrogens with one attached hydrogen (secondary N) is 1. The second-order valence-electron chi connectivity index (χ2n) is 5.62. The number of halogens is 1. The van der Waals surface area contributed by atoms with Crippen LogP contribution in [0.5, 0.6) is 0 Å². The highest BCUT2D eigenvalue weighted by atomic mass is 19.1. The topological polar surface area (TPSA) is 125 Å². The molecular formula is C18H23FN2O6. The van der Waals surface area contributed by atoms with Crippen LogP contribution in [-0.2, 0) is 35.1 Å². The van der Waals surface area contributed by atoms with Crippen molar-refractivity contribution >= 4 is 23.8 Å². The molecule has 0 fully saturated rings. The van der Waals surface area contributed by atoms with Crippen molar-refractivity contribution < 1.29 is 33.0 Å². The smallest absolute Gasteiger partial charge is 0.312 e. The molecule has 1 rings (SSSR count).